The van der Waals surface area contributed by atoms with E-state index in [1.54, 1.807) is 24.3 Å². The summed E-state index contributed by atoms with van der Waals surface area (Å²) in [5.74, 6) is -0.556. The maximum atomic E-state index is 13.5. The van der Waals surface area contributed by atoms with E-state index in [-0.39, 0.29) is 23.7 Å². The highest BCUT2D eigenvalue weighted by Crippen LogP contribution is 2.15. The molecule has 2 aromatic carbocycles. The molecule has 0 aliphatic carbocycles. The van der Waals surface area contributed by atoms with E-state index in [4.69, 9.17) is 22.1 Å². The molecule has 0 atom stereocenters. The molecule has 0 fully saturated rings. The molecule has 0 unspecified atom stereocenters. The van der Waals surface area contributed by atoms with Gasteiger partial charge in [-0.05, 0) is 30.3 Å². The molecule has 6 heteroatoms. The summed E-state index contributed by atoms with van der Waals surface area (Å²) in [6.45, 7) is 0.500. The van der Waals surface area contributed by atoms with Gasteiger partial charge in [0.25, 0.3) is 5.91 Å². The summed E-state index contributed by atoms with van der Waals surface area (Å²) in [5, 5.41) is 2.81. The Morgan fingerprint density at radius 1 is 1.29 bits per heavy atom. The first kappa shape index (κ1) is 15.1. The third-order valence-corrected chi connectivity index (χ3v) is 2.93. The number of nitrogen functional groups attached to an aromatic ring is 1. The van der Waals surface area contributed by atoms with Crippen molar-refractivity contribution >= 4 is 23.2 Å². The van der Waals surface area contributed by atoms with E-state index in [0.717, 1.165) is 6.07 Å². The normalized spacial score (nSPS) is 10.2. The second-order valence-corrected chi connectivity index (χ2v) is 4.74. The van der Waals surface area contributed by atoms with Crippen LogP contribution >= 0.6 is 11.6 Å². The fraction of sp³-hybridized carbons (Fsp3) is 0.133. The van der Waals surface area contributed by atoms with Crippen LogP contribution in [0.1, 0.15) is 10.4 Å². The van der Waals surface area contributed by atoms with E-state index in [1.807, 2.05) is 0 Å². The second kappa shape index (κ2) is 6.95. The van der Waals surface area contributed by atoms with Gasteiger partial charge in [0.1, 0.15) is 18.2 Å². The van der Waals surface area contributed by atoms with Crippen LogP contribution < -0.4 is 15.8 Å². The highest BCUT2D eigenvalue weighted by molar-refractivity contribution is 6.30. The fourth-order valence-corrected chi connectivity index (χ4v) is 1.87. The van der Waals surface area contributed by atoms with Gasteiger partial charge in [-0.15, -0.1) is 0 Å². The number of carbonyl (C=O) groups is 1. The zero-order valence-corrected chi connectivity index (χ0v) is 11.9. The Bertz CT molecular complexity index is 649. The van der Waals surface area contributed by atoms with Crippen LogP contribution in [0, 0.1) is 5.82 Å². The highest BCUT2D eigenvalue weighted by atomic mass is 35.5. The highest BCUT2D eigenvalue weighted by Gasteiger charge is 2.11. The summed E-state index contributed by atoms with van der Waals surface area (Å²) in [4.78, 5) is 11.8. The molecule has 2 aromatic rings. The van der Waals surface area contributed by atoms with Crippen molar-refractivity contribution in [1.82, 2.24) is 5.32 Å². The van der Waals surface area contributed by atoms with E-state index in [0.29, 0.717) is 11.4 Å². The zero-order valence-electron chi connectivity index (χ0n) is 11.1. The Labute approximate surface area is 126 Å². The molecule has 2 rings (SSSR count). The Balaban J connectivity index is 1.82. The topological polar surface area (TPSA) is 64.3 Å². The van der Waals surface area contributed by atoms with Gasteiger partial charge >= 0.3 is 0 Å². The number of rotatable bonds is 5. The second-order valence-electron chi connectivity index (χ2n) is 4.30. The van der Waals surface area contributed by atoms with Crippen LogP contribution in [0.3, 0.4) is 0 Å². The first-order chi connectivity index (χ1) is 10.1. The Morgan fingerprint density at radius 2 is 2.10 bits per heavy atom. The van der Waals surface area contributed by atoms with Gasteiger partial charge in [-0.2, -0.15) is 0 Å². The summed E-state index contributed by atoms with van der Waals surface area (Å²) in [6, 6.07) is 10.9. The molecule has 4 nitrogen and oxygen atoms in total. The molecule has 0 aliphatic rings. The van der Waals surface area contributed by atoms with Crippen LogP contribution in [0.15, 0.2) is 42.5 Å². The van der Waals surface area contributed by atoms with Crippen molar-refractivity contribution in [1.29, 1.82) is 0 Å². The molecule has 0 spiro atoms. The predicted molar refractivity (Wildman–Crippen MR) is 80.1 cm³/mol. The van der Waals surface area contributed by atoms with Crippen molar-refractivity contribution in [2.24, 2.45) is 0 Å². The standard InChI is InChI=1S/C15H14ClFN2O2/c16-10-4-5-13(14(17)8-10)15(20)19-6-7-21-12-3-1-2-11(18)9-12/h1-5,8-9H,6-7,18H2,(H,19,20). The van der Waals surface area contributed by atoms with Gasteiger partial charge < -0.3 is 15.8 Å². The number of ether oxygens (including phenoxy) is 1. The van der Waals surface area contributed by atoms with Crippen LogP contribution in [0.4, 0.5) is 10.1 Å². The Hall–Kier alpha value is -2.27. The lowest BCUT2D eigenvalue weighted by Gasteiger charge is -2.08. The Kier molecular flexibility index (Phi) is 5.00. The van der Waals surface area contributed by atoms with Crippen molar-refractivity contribution in [3.05, 3.63) is 58.9 Å². The van der Waals surface area contributed by atoms with Gasteiger partial charge in [-0.25, -0.2) is 4.39 Å². The summed E-state index contributed by atoms with van der Waals surface area (Å²) < 4.78 is 18.9. The molecule has 110 valence electrons. The van der Waals surface area contributed by atoms with Gasteiger partial charge in [0, 0.05) is 16.8 Å². The lowest BCUT2D eigenvalue weighted by atomic mass is 10.2. The average molecular weight is 309 g/mol. The molecular weight excluding hydrogens is 295 g/mol. The Morgan fingerprint density at radius 3 is 2.81 bits per heavy atom. The minimum Gasteiger partial charge on any atom is -0.492 e. The molecule has 0 radical (unpaired) electrons. The van der Waals surface area contributed by atoms with Crippen LogP contribution in [0.25, 0.3) is 0 Å². The number of anilines is 1. The first-order valence-corrected chi connectivity index (χ1v) is 6.65. The number of hydrogen-bond donors (Lipinski definition) is 2. The van der Waals surface area contributed by atoms with Crippen molar-refractivity contribution in [2.45, 2.75) is 0 Å². The van der Waals surface area contributed by atoms with Crippen molar-refractivity contribution < 1.29 is 13.9 Å². The minimum atomic E-state index is -0.656. The van der Waals surface area contributed by atoms with Gasteiger partial charge in [0.05, 0.1) is 12.1 Å². The van der Waals surface area contributed by atoms with E-state index >= 15 is 0 Å². The lowest BCUT2D eigenvalue weighted by molar-refractivity contribution is 0.0943. The van der Waals surface area contributed by atoms with Gasteiger partial charge in [0.2, 0.25) is 0 Å². The largest absolute Gasteiger partial charge is 0.492 e. The molecule has 21 heavy (non-hydrogen) atoms. The van der Waals surface area contributed by atoms with Crippen molar-refractivity contribution in [3.8, 4) is 5.75 Å². The number of halogens is 2. The molecule has 3 N–H and O–H groups in total. The molecule has 0 bridgehead atoms. The summed E-state index contributed by atoms with van der Waals surface area (Å²) in [7, 11) is 0. The lowest BCUT2D eigenvalue weighted by Crippen LogP contribution is -2.28. The van der Waals surface area contributed by atoms with Gasteiger partial charge in [-0.1, -0.05) is 17.7 Å². The van der Waals surface area contributed by atoms with Crippen LogP contribution in [0.5, 0.6) is 5.75 Å². The summed E-state index contributed by atoms with van der Waals surface area (Å²) in [5.41, 5.74) is 6.16. The van der Waals surface area contributed by atoms with Gasteiger partial charge in [-0.3, -0.25) is 4.79 Å². The quantitative estimate of drug-likeness (QED) is 0.659. The summed E-state index contributed by atoms with van der Waals surface area (Å²) >= 11 is 5.63. The monoisotopic (exact) mass is 308 g/mol. The van der Waals surface area contributed by atoms with Crippen molar-refractivity contribution in [2.75, 3.05) is 18.9 Å². The number of carbonyl (C=O) groups excluding carboxylic acids is 1. The van der Waals surface area contributed by atoms with E-state index < -0.39 is 11.7 Å². The SMILES string of the molecule is Nc1cccc(OCCNC(=O)c2ccc(Cl)cc2F)c1. The molecule has 0 heterocycles. The fourth-order valence-electron chi connectivity index (χ4n) is 1.71. The zero-order chi connectivity index (χ0) is 15.2. The minimum absolute atomic E-state index is 0.0524. The third-order valence-electron chi connectivity index (χ3n) is 2.69. The number of nitrogens with two attached hydrogens (primary N) is 1. The van der Waals surface area contributed by atoms with Crippen LogP contribution in [-0.2, 0) is 0 Å². The van der Waals surface area contributed by atoms with Gasteiger partial charge in [0.15, 0.2) is 0 Å². The maximum absolute atomic E-state index is 13.5. The molecule has 0 saturated heterocycles. The number of nitrogens with one attached hydrogen (secondary N) is 1. The number of hydrogen-bond acceptors (Lipinski definition) is 3. The van der Waals surface area contributed by atoms with Crippen molar-refractivity contribution in [3.63, 3.8) is 0 Å². The van der Waals surface area contributed by atoms with E-state index in [2.05, 4.69) is 5.32 Å². The average Bonchev–Trinajstić information content (AvgIpc) is 2.43. The summed E-state index contributed by atoms with van der Waals surface area (Å²) in [6.07, 6.45) is 0. The smallest absolute Gasteiger partial charge is 0.254 e. The molecule has 0 aliphatic heterocycles. The van der Waals surface area contributed by atoms with E-state index in [1.165, 1.54) is 12.1 Å². The molecule has 0 saturated carbocycles. The first-order valence-electron chi connectivity index (χ1n) is 6.28. The van der Waals surface area contributed by atoms with Crippen LogP contribution in [-0.4, -0.2) is 19.1 Å². The molecule has 0 aromatic heterocycles. The number of amides is 1. The predicted octanol–water partition coefficient (Wildman–Crippen LogP) is 2.87. The molecule has 1 amide bonds. The van der Waals surface area contributed by atoms with E-state index in [9.17, 15) is 9.18 Å². The van der Waals surface area contributed by atoms with Crippen LogP contribution in [0.2, 0.25) is 5.02 Å². The molecular formula is C15H14ClFN2O2. The third kappa shape index (κ3) is 4.36. The maximum Gasteiger partial charge on any atom is 0.254 e. The number of benzene rings is 2.